The number of phenols is 9. The fourth-order valence-electron chi connectivity index (χ4n) is 3.27. The number of hydrogen-bond donors (Lipinski definition) is 9. The molecule has 11 nitrogen and oxygen atoms in total. The number of benzene rings is 3. The maximum Gasteiger partial charge on any atom is 0.316 e. The van der Waals surface area contributed by atoms with Crippen molar-refractivity contribution in [2.24, 2.45) is 0 Å². The molecule has 0 amide bonds. The van der Waals surface area contributed by atoms with Crippen LogP contribution in [-0.2, 0) is 8.98 Å². The zero-order valence-corrected chi connectivity index (χ0v) is 17.7. The quantitative estimate of drug-likeness (QED) is 0.259. The van der Waals surface area contributed by atoms with Gasteiger partial charge in [-0.1, -0.05) is 6.92 Å². The van der Waals surface area contributed by atoms with Gasteiger partial charge in [0.15, 0.2) is 0 Å². The molecule has 0 unspecified atom stereocenters. The Morgan fingerprint density at radius 3 is 1.06 bits per heavy atom. The van der Waals surface area contributed by atoms with Gasteiger partial charge in [0.2, 0.25) is 0 Å². The second-order valence-corrected chi connectivity index (χ2v) is 9.31. The lowest BCUT2D eigenvalue weighted by Crippen LogP contribution is -2.14. The van der Waals surface area contributed by atoms with Crippen molar-refractivity contribution >= 4 is 16.3 Å². The van der Waals surface area contributed by atoms with Crippen molar-refractivity contribution in [1.82, 2.24) is 0 Å². The summed E-state index contributed by atoms with van der Waals surface area (Å²) in [6.45, 7) is 1.39. The smallest absolute Gasteiger partial charge is 0.316 e. The van der Waals surface area contributed by atoms with Crippen LogP contribution in [0.25, 0.3) is 0 Å². The maximum atomic E-state index is 12.6. The van der Waals surface area contributed by atoms with Crippen LogP contribution in [0.5, 0.6) is 51.7 Å². The van der Waals surface area contributed by atoms with Crippen LogP contribution in [0.2, 0.25) is 0 Å². The van der Waals surface area contributed by atoms with E-state index in [9.17, 15) is 50.8 Å². The molecule has 0 saturated carbocycles. The number of aromatic hydroxyl groups is 9. The molecule has 3 aromatic carbocycles. The summed E-state index contributed by atoms with van der Waals surface area (Å²) in [4.78, 5) is 10.5. The highest BCUT2D eigenvalue weighted by Gasteiger charge is 2.47. The van der Waals surface area contributed by atoms with E-state index in [1.54, 1.807) is 0 Å². The fraction of sp³-hybridized carbons (Fsp3) is 0.0952. The van der Waals surface area contributed by atoms with E-state index in [1.807, 2.05) is 0 Å². The minimum atomic E-state index is -4.16. The zero-order chi connectivity index (χ0) is 24.7. The Hall–Kier alpha value is -4.32. The van der Waals surface area contributed by atoms with Crippen molar-refractivity contribution in [3.05, 3.63) is 36.4 Å². The Kier molecular flexibility index (Phi) is 5.88. The average molecular weight is 480 g/mol. The lowest BCUT2D eigenvalue weighted by atomic mass is 10.3. The molecule has 3 aromatic rings. The molecule has 0 heterocycles. The first-order chi connectivity index (χ1) is 15.4. The third-order valence-corrected chi connectivity index (χ3v) is 7.89. The SMILES string of the molecule is CCC(=O)OS(c1c(O)cc(O)cc1O)(c1c(O)cc(O)cc1O)c1c(O)cc(O)cc1O. The van der Waals surface area contributed by atoms with Gasteiger partial charge in [0.05, 0.1) is 0 Å². The largest absolute Gasteiger partial charge is 0.508 e. The molecule has 0 aliphatic rings. The van der Waals surface area contributed by atoms with E-state index < -0.39 is 82.7 Å². The Balaban J connectivity index is 2.67. The molecule has 0 aliphatic carbocycles. The molecule has 9 N–H and O–H groups in total. The van der Waals surface area contributed by atoms with E-state index in [1.165, 1.54) is 6.92 Å². The highest BCUT2D eigenvalue weighted by Crippen LogP contribution is 2.79. The van der Waals surface area contributed by atoms with E-state index >= 15 is 0 Å². The van der Waals surface area contributed by atoms with E-state index in [4.69, 9.17) is 4.18 Å². The topological polar surface area (TPSA) is 208 Å². The minimum Gasteiger partial charge on any atom is -0.508 e. The van der Waals surface area contributed by atoms with Gasteiger partial charge >= 0.3 is 5.97 Å². The van der Waals surface area contributed by atoms with Crippen molar-refractivity contribution in [3.8, 4) is 51.7 Å². The summed E-state index contributed by atoms with van der Waals surface area (Å²) in [6.07, 6.45) is -0.298. The first kappa shape index (κ1) is 23.3. The Bertz CT molecular complexity index is 1050. The van der Waals surface area contributed by atoms with Crippen LogP contribution in [0.1, 0.15) is 13.3 Å². The van der Waals surface area contributed by atoms with Gasteiger partial charge in [0.1, 0.15) is 66.4 Å². The van der Waals surface area contributed by atoms with Crippen LogP contribution in [0.3, 0.4) is 0 Å². The molecule has 12 heteroatoms. The molecule has 3 rings (SSSR count). The molecule has 176 valence electrons. The predicted octanol–water partition coefficient (Wildman–Crippen LogP) is 3.19. The van der Waals surface area contributed by atoms with Crippen LogP contribution in [0, 0.1) is 0 Å². The number of phenolic OH excluding ortho intramolecular Hbond substituents is 9. The third kappa shape index (κ3) is 3.87. The van der Waals surface area contributed by atoms with Crippen molar-refractivity contribution in [3.63, 3.8) is 0 Å². The van der Waals surface area contributed by atoms with Gasteiger partial charge in [-0.2, -0.15) is 0 Å². The third-order valence-electron chi connectivity index (χ3n) is 4.47. The molecule has 33 heavy (non-hydrogen) atoms. The number of carbonyl (C=O) groups excluding carboxylic acids is 1. The summed E-state index contributed by atoms with van der Waals surface area (Å²) < 4.78 is 5.59. The Morgan fingerprint density at radius 1 is 0.606 bits per heavy atom. The molecule has 0 spiro atoms. The van der Waals surface area contributed by atoms with Crippen LogP contribution >= 0.6 is 10.3 Å². The Labute approximate surface area is 187 Å². The van der Waals surface area contributed by atoms with Gasteiger partial charge < -0.3 is 50.1 Å². The van der Waals surface area contributed by atoms with E-state index in [0.29, 0.717) is 0 Å². The first-order valence-electron chi connectivity index (χ1n) is 9.22. The van der Waals surface area contributed by atoms with Gasteiger partial charge in [-0.25, -0.2) is 0 Å². The second kappa shape index (κ2) is 8.31. The first-order valence-corrected chi connectivity index (χ1v) is 10.8. The summed E-state index contributed by atoms with van der Waals surface area (Å²) in [7, 11) is -4.16. The molecular weight excluding hydrogens is 460 g/mol. The van der Waals surface area contributed by atoms with Gasteiger partial charge in [0.25, 0.3) is 0 Å². The summed E-state index contributed by atoms with van der Waals surface area (Å²) in [6, 6.07) is 4.50. The number of hydrogen-bond acceptors (Lipinski definition) is 11. The maximum absolute atomic E-state index is 12.6. The lowest BCUT2D eigenvalue weighted by Gasteiger charge is -2.40. The van der Waals surface area contributed by atoms with Crippen molar-refractivity contribution < 1.29 is 54.9 Å². The molecule has 0 aliphatic heterocycles. The second-order valence-electron chi connectivity index (χ2n) is 6.80. The highest BCUT2D eigenvalue weighted by atomic mass is 32.3. The molecule has 0 radical (unpaired) electrons. The van der Waals surface area contributed by atoms with Crippen molar-refractivity contribution in [2.45, 2.75) is 28.0 Å². The molecular formula is C21H20O11S. The summed E-state index contributed by atoms with van der Waals surface area (Å²) in [5, 5.41) is 93.3. The highest BCUT2D eigenvalue weighted by molar-refractivity contribution is 8.30. The lowest BCUT2D eigenvalue weighted by molar-refractivity contribution is -0.133. The van der Waals surface area contributed by atoms with Crippen molar-refractivity contribution in [1.29, 1.82) is 0 Å². The number of carbonyl (C=O) groups is 1. The Morgan fingerprint density at radius 2 is 0.848 bits per heavy atom. The molecule has 0 fully saturated rings. The van der Waals surface area contributed by atoms with E-state index in [-0.39, 0.29) is 6.42 Å². The normalized spacial score (nSPS) is 11.8. The summed E-state index contributed by atoms with van der Waals surface area (Å²) in [5.41, 5.74) is 0. The van der Waals surface area contributed by atoms with E-state index in [2.05, 4.69) is 0 Å². The monoisotopic (exact) mass is 480 g/mol. The standard InChI is InChI=1S/C21H20O11S/c1-2-18(31)32-33(19-12(25)3-9(22)4-13(19)26,20-14(27)5-10(23)6-15(20)28)21-16(29)7-11(24)8-17(21)30/h3-8,22-30H,2H2,1H3. The molecule has 0 bridgehead atoms. The van der Waals surface area contributed by atoms with Crippen molar-refractivity contribution in [2.75, 3.05) is 0 Å². The van der Waals surface area contributed by atoms with E-state index in [0.717, 1.165) is 36.4 Å². The van der Waals surface area contributed by atoms with Gasteiger partial charge in [-0.05, 0) is 0 Å². The van der Waals surface area contributed by atoms with Crippen LogP contribution in [0.4, 0.5) is 0 Å². The molecule has 0 atom stereocenters. The number of rotatable bonds is 5. The summed E-state index contributed by atoms with van der Waals surface area (Å²) >= 11 is 0. The van der Waals surface area contributed by atoms with Gasteiger partial charge in [0, 0.05) is 53.1 Å². The fourth-order valence-corrected chi connectivity index (χ4v) is 6.65. The predicted molar refractivity (Wildman–Crippen MR) is 113 cm³/mol. The molecule has 0 saturated heterocycles. The van der Waals surface area contributed by atoms with Gasteiger partial charge in [-0.3, -0.25) is 4.79 Å². The average Bonchev–Trinajstić information content (AvgIpc) is 2.65. The van der Waals surface area contributed by atoms with Crippen LogP contribution in [0.15, 0.2) is 51.1 Å². The molecule has 0 aromatic heterocycles. The minimum absolute atomic E-state index is 0.298. The van der Waals surface area contributed by atoms with Crippen LogP contribution < -0.4 is 0 Å². The zero-order valence-electron chi connectivity index (χ0n) is 16.9. The van der Waals surface area contributed by atoms with Crippen LogP contribution in [-0.4, -0.2) is 51.9 Å². The summed E-state index contributed by atoms with van der Waals surface area (Å²) in [5.74, 6) is -8.23. The van der Waals surface area contributed by atoms with Gasteiger partial charge in [-0.15, -0.1) is 0 Å².